The Balaban J connectivity index is 2.01. The van der Waals surface area contributed by atoms with Crippen molar-refractivity contribution in [1.82, 2.24) is 0 Å². The molecule has 0 heterocycles. The Kier molecular flexibility index (Phi) is 5.93. The van der Waals surface area contributed by atoms with Crippen molar-refractivity contribution in [3.63, 3.8) is 0 Å². The third-order valence-corrected chi connectivity index (χ3v) is 3.88. The molecule has 0 aromatic heterocycles. The first-order chi connectivity index (χ1) is 12.2. The van der Waals surface area contributed by atoms with E-state index in [-0.39, 0.29) is 23.5 Å². The largest absolute Gasteiger partial charge is 0.326 e. The Morgan fingerprint density at radius 3 is 2.19 bits per heavy atom. The van der Waals surface area contributed by atoms with Crippen LogP contribution in [0.4, 0.5) is 11.4 Å². The summed E-state index contributed by atoms with van der Waals surface area (Å²) >= 11 is 0. The Bertz CT molecular complexity index is 835. The third kappa shape index (κ3) is 5.28. The fraction of sp³-hybridized carbons (Fsp3) is 0.286. The molecule has 0 fully saturated rings. The van der Waals surface area contributed by atoms with Gasteiger partial charge >= 0.3 is 0 Å². The summed E-state index contributed by atoms with van der Waals surface area (Å²) in [6.07, 6.45) is -0.303. The van der Waals surface area contributed by atoms with E-state index in [1.807, 2.05) is 24.3 Å². The summed E-state index contributed by atoms with van der Waals surface area (Å²) in [7, 11) is 0. The van der Waals surface area contributed by atoms with Crippen molar-refractivity contribution in [2.24, 2.45) is 0 Å². The predicted octanol–water partition coefficient (Wildman–Crippen LogP) is 4.15. The van der Waals surface area contributed by atoms with Crippen LogP contribution in [0.15, 0.2) is 48.5 Å². The lowest BCUT2D eigenvalue weighted by molar-refractivity contribution is -0.123. The van der Waals surface area contributed by atoms with E-state index < -0.39 is 5.91 Å². The maximum Gasteiger partial charge on any atom is 0.233 e. The molecule has 0 atom stereocenters. The molecule has 0 aliphatic carbocycles. The highest BCUT2D eigenvalue weighted by atomic mass is 16.2. The van der Waals surface area contributed by atoms with E-state index in [1.54, 1.807) is 24.3 Å². The van der Waals surface area contributed by atoms with Gasteiger partial charge in [0.05, 0.1) is 0 Å². The van der Waals surface area contributed by atoms with Gasteiger partial charge in [0, 0.05) is 16.9 Å². The van der Waals surface area contributed by atoms with E-state index in [4.69, 9.17) is 0 Å². The van der Waals surface area contributed by atoms with Crippen LogP contribution in [0.2, 0.25) is 0 Å². The van der Waals surface area contributed by atoms with Gasteiger partial charge in [0.2, 0.25) is 11.8 Å². The van der Waals surface area contributed by atoms with E-state index in [0.717, 1.165) is 5.56 Å². The molecule has 2 amide bonds. The van der Waals surface area contributed by atoms with Gasteiger partial charge in [-0.1, -0.05) is 51.1 Å². The fourth-order valence-corrected chi connectivity index (χ4v) is 2.61. The van der Waals surface area contributed by atoms with Crippen LogP contribution >= 0.6 is 0 Å². The number of ketones is 1. The standard InChI is InChI=1S/C21H24N2O3/c1-14(24)15-8-7-9-16(12-15)22-19(25)13-20(26)23-18-11-6-5-10-17(18)21(2,3)4/h5-12H,13H2,1-4H3,(H,22,25)(H,23,26). The first-order valence-electron chi connectivity index (χ1n) is 8.47. The number of rotatable bonds is 5. The number of Topliss-reactive ketones (excluding diaryl/α,β-unsaturated/α-hetero) is 1. The zero-order valence-electron chi connectivity index (χ0n) is 15.6. The van der Waals surface area contributed by atoms with Gasteiger partial charge in [-0.25, -0.2) is 0 Å². The lowest BCUT2D eigenvalue weighted by Crippen LogP contribution is -2.23. The summed E-state index contributed by atoms with van der Waals surface area (Å²) in [5, 5.41) is 5.46. The Morgan fingerprint density at radius 2 is 1.54 bits per heavy atom. The summed E-state index contributed by atoms with van der Waals surface area (Å²) < 4.78 is 0. The van der Waals surface area contributed by atoms with Gasteiger partial charge in [-0.15, -0.1) is 0 Å². The minimum atomic E-state index is -0.434. The van der Waals surface area contributed by atoms with Crippen LogP contribution in [0, 0.1) is 0 Å². The lowest BCUT2D eigenvalue weighted by atomic mass is 9.86. The summed E-state index contributed by atoms with van der Waals surface area (Å²) in [6, 6.07) is 14.2. The van der Waals surface area contributed by atoms with Crippen molar-refractivity contribution >= 4 is 29.0 Å². The van der Waals surface area contributed by atoms with E-state index in [1.165, 1.54) is 6.92 Å². The molecule has 5 nitrogen and oxygen atoms in total. The summed E-state index contributed by atoms with van der Waals surface area (Å²) in [4.78, 5) is 35.8. The second-order valence-electron chi connectivity index (χ2n) is 7.21. The molecule has 0 radical (unpaired) electrons. The zero-order chi connectivity index (χ0) is 19.3. The molecule has 2 rings (SSSR count). The summed E-state index contributed by atoms with van der Waals surface area (Å²) in [5.41, 5.74) is 2.58. The number of hydrogen-bond donors (Lipinski definition) is 2. The van der Waals surface area contributed by atoms with Crippen LogP contribution < -0.4 is 10.6 Å². The lowest BCUT2D eigenvalue weighted by Gasteiger charge is -2.23. The Labute approximate surface area is 153 Å². The second kappa shape index (κ2) is 7.95. The molecule has 0 bridgehead atoms. The van der Waals surface area contributed by atoms with Crippen molar-refractivity contribution in [2.75, 3.05) is 10.6 Å². The molecule has 0 aliphatic heterocycles. The SMILES string of the molecule is CC(=O)c1cccc(NC(=O)CC(=O)Nc2ccccc2C(C)(C)C)c1. The van der Waals surface area contributed by atoms with Crippen molar-refractivity contribution < 1.29 is 14.4 Å². The van der Waals surface area contributed by atoms with Gasteiger partial charge in [0.15, 0.2) is 5.78 Å². The zero-order valence-corrected chi connectivity index (χ0v) is 15.6. The average Bonchev–Trinajstić information content (AvgIpc) is 2.54. The quantitative estimate of drug-likeness (QED) is 0.627. The average molecular weight is 352 g/mol. The highest BCUT2D eigenvalue weighted by Crippen LogP contribution is 2.29. The van der Waals surface area contributed by atoms with E-state index in [9.17, 15) is 14.4 Å². The predicted molar refractivity (Wildman–Crippen MR) is 103 cm³/mol. The van der Waals surface area contributed by atoms with Crippen LogP contribution in [0.25, 0.3) is 0 Å². The van der Waals surface area contributed by atoms with Crippen LogP contribution in [0.3, 0.4) is 0 Å². The van der Waals surface area contributed by atoms with Gasteiger partial charge in [-0.05, 0) is 36.1 Å². The molecule has 2 aromatic carbocycles. The highest BCUT2D eigenvalue weighted by Gasteiger charge is 2.19. The van der Waals surface area contributed by atoms with Crippen LogP contribution in [-0.4, -0.2) is 17.6 Å². The molecule has 136 valence electrons. The van der Waals surface area contributed by atoms with Crippen molar-refractivity contribution in [1.29, 1.82) is 0 Å². The minimum absolute atomic E-state index is 0.0855. The maximum absolute atomic E-state index is 12.2. The van der Waals surface area contributed by atoms with Crippen LogP contribution in [0.5, 0.6) is 0 Å². The number of amides is 2. The highest BCUT2D eigenvalue weighted by molar-refractivity contribution is 6.08. The van der Waals surface area contributed by atoms with E-state index >= 15 is 0 Å². The number of hydrogen-bond acceptors (Lipinski definition) is 3. The Morgan fingerprint density at radius 1 is 0.885 bits per heavy atom. The summed E-state index contributed by atoms with van der Waals surface area (Å²) in [5.74, 6) is -0.906. The van der Waals surface area contributed by atoms with Gasteiger partial charge in [0.25, 0.3) is 0 Å². The number of benzene rings is 2. The molecule has 26 heavy (non-hydrogen) atoms. The molecule has 0 unspecified atom stereocenters. The van der Waals surface area contributed by atoms with Gasteiger partial charge in [-0.3, -0.25) is 14.4 Å². The third-order valence-electron chi connectivity index (χ3n) is 3.88. The molecular formula is C21H24N2O3. The van der Waals surface area contributed by atoms with Crippen LogP contribution in [-0.2, 0) is 15.0 Å². The van der Waals surface area contributed by atoms with Gasteiger partial charge < -0.3 is 10.6 Å². The maximum atomic E-state index is 12.2. The van der Waals surface area contributed by atoms with E-state index in [0.29, 0.717) is 16.9 Å². The molecule has 0 aliphatic rings. The molecule has 2 N–H and O–H groups in total. The van der Waals surface area contributed by atoms with Crippen LogP contribution in [0.1, 0.15) is 50.0 Å². The molecule has 0 spiro atoms. The molecule has 2 aromatic rings. The first kappa shape index (κ1) is 19.4. The van der Waals surface area contributed by atoms with Crippen molar-refractivity contribution in [2.45, 2.75) is 39.5 Å². The Hall–Kier alpha value is -2.95. The second-order valence-corrected chi connectivity index (χ2v) is 7.21. The van der Waals surface area contributed by atoms with Gasteiger partial charge in [-0.2, -0.15) is 0 Å². The summed E-state index contributed by atoms with van der Waals surface area (Å²) in [6.45, 7) is 7.65. The van der Waals surface area contributed by atoms with Crippen molar-refractivity contribution in [3.05, 3.63) is 59.7 Å². The topological polar surface area (TPSA) is 75.3 Å². The number of carbonyl (C=O) groups excluding carboxylic acids is 3. The molecular weight excluding hydrogens is 328 g/mol. The normalized spacial score (nSPS) is 10.9. The smallest absolute Gasteiger partial charge is 0.233 e. The minimum Gasteiger partial charge on any atom is -0.326 e. The molecule has 5 heteroatoms. The monoisotopic (exact) mass is 352 g/mol. The van der Waals surface area contributed by atoms with E-state index in [2.05, 4.69) is 31.4 Å². The number of carbonyl (C=O) groups is 3. The molecule has 0 saturated heterocycles. The fourth-order valence-electron chi connectivity index (χ4n) is 2.61. The first-order valence-corrected chi connectivity index (χ1v) is 8.47. The number of para-hydroxylation sites is 1. The number of nitrogens with one attached hydrogen (secondary N) is 2. The van der Waals surface area contributed by atoms with Crippen molar-refractivity contribution in [3.8, 4) is 0 Å². The molecule has 0 saturated carbocycles. The number of anilines is 2. The van der Waals surface area contributed by atoms with Gasteiger partial charge in [0.1, 0.15) is 6.42 Å².